The topological polar surface area (TPSA) is 81.2 Å². The number of rotatable bonds is 3. The van der Waals surface area contributed by atoms with Crippen LogP contribution in [-0.4, -0.2) is 38.7 Å². The smallest absolute Gasteiger partial charge is 0.365 e. The molecule has 31 heavy (non-hydrogen) atoms. The number of benzene rings is 1. The lowest BCUT2D eigenvalue weighted by molar-refractivity contribution is -0.199. The number of nitrogens with two attached hydrogens (primary N) is 1. The van der Waals surface area contributed by atoms with E-state index in [2.05, 4.69) is 5.10 Å². The van der Waals surface area contributed by atoms with E-state index in [-0.39, 0.29) is 34.0 Å². The molecule has 1 aromatic carbocycles. The first kappa shape index (κ1) is 23.1. The molecule has 0 saturated carbocycles. The summed E-state index contributed by atoms with van der Waals surface area (Å²) in [6, 6.07) is 1.45. The van der Waals surface area contributed by atoms with E-state index in [1.807, 2.05) is 0 Å². The summed E-state index contributed by atoms with van der Waals surface area (Å²) in [6.07, 6.45) is -4.82. The number of fused-ring (bicyclic) bond motifs is 1. The van der Waals surface area contributed by atoms with Crippen molar-refractivity contribution in [2.24, 2.45) is 11.1 Å². The van der Waals surface area contributed by atoms with Crippen LogP contribution in [0.1, 0.15) is 43.2 Å². The number of aromatic nitrogens is 2. The zero-order valence-corrected chi connectivity index (χ0v) is 17.8. The second-order valence-corrected chi connectivity index (χ2v) is 9.07. The van der Waals surface area contributed by atoms with Crippen LogP contribution in [0, 0.1) is 11.2 Å². The molecule has 1 unspecified atom stereocenters. The lowest BCUT2D eigenvalue weighted by Crippen LogP contribution is -2.54. The Labute approximate surface area is 180 Å². The average Bonchev–Trinajstić information content (AvgIpc) is 2.99. The maximum absolute atomic E-state index is 13.8. The normalized spacial score (nSPS) is 16.9. The maximum atomic E-state index is 13.8. The number of carbonyl (C=O) groups is 2. The monoisotopic (exact) mass is 460 g/mol. The van der Waals surface area contributed by atoms with Crippen molar-refractivity contribution in [3.05, 3.63) is 40.3 Å². The molecular weight excluding hydrogens is 440 g/mol. The predicted octanol–water partition coefficient (Wildman–Crippen LogP) is 4.15. The molecule has 1 aromatic heterocycles. The second kappa shape index (κ2) is 7.81. The zero-order valence-electron chi connectivity index (χ0n) is 17.1. The third-order valence-electron chi connectivity index (χ3n) is 4.92. The number of alkyl halides is 3. The van der Waals surface area contributed by atoms with E-state index in [0.717, 1.165) is 15.6 Å². The first-order chi connectivity index (χ1) is 14.2. The summed E-state index contributed by atoms with van der Waals surface area (Å²) < 4.78 is 55.9. The Hall–Kier alpha value is -2.62. The van der Waals surface area contributed by atoms with Crippen LogP contribution in [0.3, 0.4) is 0 Å². The first-order valence-electron chi connectivity index (χ1n) is 9.40. The molecule has 3 rings (SSSR count). The van der Waals surface area contributed by atoms with Gasteiger partial charge in [0.2, 0.25) is 5.91 Å². The number of carbonyl (C=O) groups excluding carboxylic acids is 2. The van der Waals surface area contributed by atoms with Gasteiger partial charge < -0.3 is 10.6 Å². The molecule has 0 fully saturated rings. The highest BCUT2D eigenvalue weighted by atomic mass is 35.5. The Bertz CT molecular complexity index is 1040. The number of primary amides is 1. The fraction of sp³-hybridized carbons (Fsp3) is 0.450. The predicted molar refractivity (Wildman–Crippen MR) is 106 cm³/mol. The van der Waals surface area contributed by atoms with Crippen molar-refractivity contribution in [3.63, 3.8) is 0 Å². The van der Waals surface area contributed by atoms with E-state index in [9.17, 15) is 27.2 Å². The van der Waals surface area contributed by atoms with Crippen LogP contribution in [0.15, 0.2) is 18.2 Å². The van der Waals surface area contributed by atoms with Gasteiger partial charge in [-0.25, -0.2) is 4.39 Å². The fourth-order valence-corrected chi connectivity index (χ4v) is 3.72. The van der Waals surface area contributed by atoms with Crippen LogP contribution in [0.25, 0.3) is 11.3 Å². The van der Waals surface area contributed by atoms with Crippen LogP contribution in [-0.2, 0) is 17.9 Å². The van der Waals surface area contributed by atoms with Crippen LogP contribution in [0.5, 0.6) is 0 Å². The van der Waals surface area contributed by atoms with Gasteiger partial charge in [0, 0.05) is 12.0 Å². The molecule has 0 saturated heterocycles. The van der Waals surface area contributed by atoms with Crippen molar-refractivity contribution in [1.82, 2.24) is 14.7 Å². The third-order valence-corrected chi connectivity index (χ3v) is 5.21. The highest BCUT2D eigenvalue weighted by Gasteiger charge is 2.49. The summed E-state index contributed by atoms with van der Waals surface area (Å²) >= 11 is 5.80. The summed E-state index contributed by atoms with van der Waals surface area (Å²) in [5.74, 6) is -2.32. The molecule has 6 nitrogen and oxygen atoms in total. The van der Waals surface area contributed by atoms with Crippen molar-refractivity contribution >= 4 is 23.4 Å². The number of hydrogen-bond donors (Lipinski definition) is 1. The van der Waals surface area contributed by atoms with Gasteiger partial charge in [0.05, 0.1) is 29.4 Å². The molecule has 11 heteroatoms. The second-order valence-electron chi connectivity index (χ2n) is 8.66. The Morgan fingerprint density at radius 1 is 1.26 bits per heavy atom. The minimum Gasteiger partial charge on any atom is -0.365 e. The van der Waals surface area contributed by atoms with E-state index in [4.69, 9.17) is 17.3 Å². The van der Waals surface area contributed by atoms with Crippen molar-refractivity contribution in [1.29, 1.82) is 0 Å². The van der Waals surface area contributed by atoms with Gasteiger partial charge in [-0.2, -0.15) is 18.3 Å². The Morgan fingerprint density at radius 3 is 2.42 bits per heavy atom. The van der Waals surface area contributed by atoms with E-state index in [1.165, 1.54) is 12.1 Å². The third kappa shape index (κ3) is 4.68. The highest BCUT2D eigenvalue weighted by molar-refractivity contribution is 6.31. The first-order valence-corrected chi connectivity index (χ1v) is 9.78. The largest absolute Gasteiger partial charge is 0.410 e. The van der Waals surface area contributed by atoms with Gasteiger partial charge in [-0.05, 0) is 23.6 Å². The number of hydrogen-bond acceptors (Lipinski definition) is 3. The van der Waals surface area contributed by atoms with Gasteiger partial charge in [-0.15, -0.1) is 0 Å². The molecule has 1 aliphatic rings. The highest BCUT2D eigenvalue weighted by Crippen LogP contribution is 2.36. The molecule has 2 N–H and O–H groups in total. The quantitative estimate of drug-likeness (QED) is 0.699. The molecule has 168 valence electrons. The van der Waals surface area contributed by atoms with Crippen molar-refractivity contribution in [2.75, 3.05) is 0 Å². The average molecular weight is 461 g/mol. The van der Waals surface area contributed by atoms with E-state index < -0.39 is 48.4 Å². The number of amides is 2. The Kier molecular flexibility index (Phi) is 5.81. The van der Waals surface area contributed by atoms with Crippen LogP contribution in [0.2, 0.25) is 5.02 Å². The molecule has 2 heterocycles. The lowest BCUT2D eigenvalue weighted by atomic mass is 9.91. The summed E-state index contributed by atoms with van der Waals surface area (Å²) in [6.45, 7) is 4.05. The molecular formula is C20H21ClF4N4O2. The van der Waals surface area contributed by atoms with Gasteiger partial charge in [0.25, 0.3) is 5.91 Å². The molecule has 0 spiro atoms. The molecule has 0 radical (unpaired) electrons. The SMILES string of the molecule is CC(C)(C)CC(=O)N1Cc2c(C(N)=O)c(-c3ccc(F)c(Cl)c3)nn2CC1C(F)(F)F. The van der Waals surface area contributed by atoms with Crippen molar-refractivity contribution in [3.8, 4) is 11.3 Å². The van der Waals surface area contributed by atoms with E-state index in [1.54, 1.807) is 20.8 Å². The molecule has 1 aliphatic heterocycles. The Morgan fingerprint density at radius 2 is 1.90 bits per heavy atom. The minimum atomic E-state index is -4.70. The van der Waals surface area contributed by atoms with Crippen LogP contribution < -0.4 is 5.73 Å². The number of halogens is 5. The van der Waals surface area contributed by atoms with E-state index in [0.29, 0.717) is 0 Å². The minimum absolute atomic E-state index is 0.0181. The molecule has 2 amide bonds. The summed E-state index contributed by atoms with van der Waals surface area (Å²) in [4.78, 5) is 25.7. The molecule has 0 bridgehead atoms. The van der Waals surface area contributed by atoms with E-state index >= 15 is 0 Å². The summed E-state index contributed by atoms with van der Waals surface area (Å²) in [5, 5.41) is 3.90. The van der Waals surface area contributed by atoms with Crippen molar-refractivity contribution in [2.45, 2.75) is 52.5 Å². The van der Waals surface area contributed by atoms with Crippen LogP contribution in [0.4, 0.5) is 17.6 Å². The fourth-order valence-electron chi connectivity index (χ4n) is 3.54. The molecule has 0 aliphatic carbocycles. The van der Waals surface area contributed by atoms with Gasteiger partial charge in [0.15, 0.2) is 0 Å². The van der Waals surface area contributed by atoms with Gasteiger partial charge in [-0.3, -0.25) is 14.3 Å². The van der Waals surface area contributed by atoms with Gasteiger partial charge >= 0.3 is 6.18 Å². The molecule has 1 atom stereocenters. The van der Waals surface area contributed by atoms with Gasteiger partial charge in [-0.1, -0.05) is 32.4 Å². The maximum Gasteiger partial charge on any atom is 0.410 e. The standard InChI is InChI=1S/C20H21ClF4N4O2/c1-19(2,3)7-15(30)28-8-13-16(18(26)31)17(10-4-5-12(22)11(21)6-10)27-29(13)9-14(28)20(23,24)25/h4-6,14H,7-9H2,1-3H3,(H2,26,31). The Balaban J connectivity index is 2.13. The number of nitrogens with zero attached hydrogens (tertiary/aromatic N) is 3. The zero-order chi connectivity index (χ0) is 23.3. The van der Waals surface area contributed by atoms with Crippen molar-refractivity contribution < 1.29 is 27.2 Å². The summed E-state index contributed by atoms with van der Waals surface area (Å²) in [5.41, 5.74) is 5.14. The van der Waals surface area contributed by atoms with Crippen LogP contribution >= 0.6 is 11.6 Å². The van der Waals surface area contributed by atoms with Gasteiger partial charge in [0.1, 0.15) is 17.6 Å². The molecule has 2 aromatic rings. The summed E-state index contributed by atoms with van der Waals surface area (Å²) in [7, 11) is 0. The lowest BCUT2D eigenvalue weighted by Gasteiger charge is -2.38.